The largest absolute Gasteiger partial charge is 0.449 e. The zero-order chi connectivity index (χ0) is 21.8. The lowest BCUT2D eigenvalue weighted by atomic mass is 10.0. The van der Waals surface area contributed by atoms with E-state index >= 15 is 0 Å². The van der Waals surface area contributed by atoms with Crippen molar-refractivity contribution >= 4 is 28.5 Å². The van der Waals surface area contributed by atoms with Crippen LogP contribution in [0.1, 0.15) is 46.7 Å². The van der Waals surface area contributed by atoms with Crippen molar-refractivity contribution in [2.75, 3.05) is 11.9 Å². The van der Waals surface area contributed by atoms with E-state index in [0.717, 1.165) is 27.8 Å². The number of carbonyl (C=O) groups is 2. The van der Waals surface area contributed by atoms with E-state index in [2.05, 4.69) is 5.32 Å². The van der Waals surface area contributed by atoms with Crippen molar-refractivity contribution in [2.24, 2.45) is 0 Å². The minimum absolute atomic E-state index is 0.0620. The van der Waals surface area contributed by atoms with Gasteiger partial charge in [0.1, 0.15) is 5.58 Å². The molecule has 3 aromatic rings. The number of esters is 1. The second kappa shape index (κ2) is 9.13. The summed E-state index contributed by atoms with van der Waals surface area (Å²) in [5.41, 5.74) is 4.95. The number of carbonyl (C=O) groups excluding carboxylic acids is 2. The van der Waals surface area contributed by atoms with Crippen molar-refractivity contribution < 1.29 is 23.5 Å². The molecule has 0 saturated heterocycles. The van der Waals surface area contributed by atoms with Crippen LogP contribution in [-0.2, 0) is 20.9 Å². The maximum atomic E-state index is 12.8. The lowest BCUT2D eigenvalue weighted by Gasteiger charge is -2.16. The first kappa shape index (κ1) is 21.6. The van der Waals surface area contributed by atoms with Gasteiger partial charge in [-0.15, -0.1) is 0 Å². The van der Waals surface area contributed by atoms with Crippen LogP contribution in [-0.4, -0.2) is 24.6 Å². The summed E-state index contributed by atoms with van der Waals surface area (Å²) >= 11 is 0. The molecule has 3 rings (SSSR count). The number of anilines is 1. The highest BCUT2D eigenvalue weighted by Gasteiger charge is 2.26. The van der Waals surface area contributed by atoms with Gasteiger partial charge in [0.25, 0.3) is 5.91 Å². The normalized spacial score (nSPS) is 12.0. The minimum Gasteiger partial charge on any atom is -0.449 e. The molecule has 1 N–H and O–H groups in total. The Labute approximate surface area is 176 Å². The first-order valence-electron chi connectivity index (χ1n) is 9.99. The molecule has 158 valence electrons. The predicted octanol–water partition coefficient (Wildman–Crippen LogP) is 5.08. The van der Waals surface area contributed by atoms with Crippen molar-refractivity contribution in [1.29, 1.82) is 0 Å². The summed E-state index contributed by atoms with van der Waals surface area (Å²) in [6.45, 7) is 10.0. The lowest BCUT2D eigenvalue weighted by molar-refractivity contribution is -0.123. The van der Waals surface area contributed by atoms with E-state index in [1.165, 1.54) is 6.92 Å². The molecule has 1 aromatic heterocycles. The van der Waals surface area contributed by atoms with Gasteiger partial charge in [-0.05, 0) is 51.8 Å². The molecular weight excluding hydrogens is 382 g/mol. The molecule has 30 heavy (non-hydrogen) atoms. The van der Waals surface area contributed by atoms with E-state index in [1.807, 2.05) is 58.0 Å². The molecule has 6 heteroatoms. The third-order valence-corrected chi connectivity index (χ3v) is 4.91. The van der Waals surface area contributed by atoms with Crippen LogP contribution >= 0.6 is 0 Å². The molecule has 1 atom stereocenters. The van der Waals surface area contributed by atoms with Gasteiger partial charge in [0.15, 0.2) is 6.10 Å². The van der Waals surface area contributed by atoms with E-state index in [0.29, 0.717) is 17.8 Å². The molecule has 0 aliphatic rings. The highest BCUT2D eigenvalue weighted by atomic mass is 16.6. The molecule has 2 aromatic carbocycles. The average molecular weight is 409 g/mol. The number of fused-ring (bicyclic) bond motifs is 1. The van der Waals surface area contributed by atoms with Crippen LogP contribution in [0.4, 0.5) is 5.69 Å². The number of hydrogen-bond donors (Lipinski definition) is 1. The third kappa shape index (κ3) is 4.54. The Hall–Kier alpha value is -3.12. The van der Waals surface area contributed by atoms with Gasteiger partial charge in [-0.2, -0.15) is 0 Å². The summed E-state index contributed by atoms with van der Waals surface area (Å²) in [5, 5.41) is 3.66. The summed E-state index contributed by atoms with van der Waals surface area (Å²) in [6.07, 6.45) is -0.995. The van der Waals surface area contributed by atoms with Gasteiger partial charge >= 0.3 is 5.97 Å². The molecule has 1 heterocycles. The first-order valence-corrected chi connectivity index (χ1v) is 9.99. The van der Waals surface area contributed by atoms with Crippen molar-refractivity contribution in [3.05, 3.63) is 64.4 Å². The number of benzene rings is 2. The summed E-state index contributed by atoms with van der Waals surface area (Å²) in [7, 11) is 0. The zero-order valence-corrected chi connectivity index (χ0v) is 18.0. The second-order valence-electron chi connectivity index (χ2n) is 7.35. The number of ether oxygens (including phenoxy) is 2. The SMILES string of the molecule is CCOCc1c(C(=O)O[C@@H](C)C(=O)Nc2c(C)cc(C)cc2C)oc2ccccc12. The van der Waals surface area contributed by atoms with Crippen molar-refractivity contribution in [1.82, 2.24) is 0 Å². The number of rotatable bonds is 7. The standard InChI is InChI=1S/C24H27NO5/c1-6-28-13-19-18-9-7-8-10-20(18)30-22(19)24(27)29-17(5)23(26)25-21-15(3)11-14(2)12-16(21)4/h7-12,17H,6,13H2,1-5H3,(H,25,26)/t17-/m0/s1. The quantitative estimate of drug-likeness (QED) is 0.551. The molecule has 1 amide bonds. The van der Waals surface area contributed by atoms with Crippen LogP contribution in [0.15, 0.2) is 40.8 Å². The van der Waals surface area contributed by atoms with Gasteiger partial charge < -0.3 is 19.2 Å². The zero-order valence-electron chi connectivity index (χ0n) is 18.0. The van der Waals surface area contributed by atoms with Gasteiger partial charge in [0, 0.05) is 23.2 Å². The van der Waals surface area contributed by atoms with Crippen molar-refractivity contribution in [3.8, 4) is 0 Å². The number of amides is 1. The van der Waals surface area contributed by atoms with Crippen LogP contribution in [0, 0.1) is 20.8 Å². The molecule has 0 bridgehead atoms. The van der Waals surface area contributed by atoms with Gasteiger partial charge in [0.2, 0.25) is 5.76 Å². The number of hydrogen-bond acceptors (Lipinski definition) is 5. The Morgan fingerprint density at radius 2 is 1.77 bits per heavy atom. The molecule has 0 radical (unpaired) electrons. The Morgan fingerprint density at radius 3 is 2.43 bits per heavy atom. The Morgan fingerprint density at radius 1 is 1.10 bits per heavy atom. The van der Waals surface area contributed by atoms with Crippen LogP contribution in [0.2, 0.25) is 0 Å². The third-order valence-electron chi connectivity index (χ3n) is 4.91. The highest BCUT2D eigenvalue weighted by molar-refractivity contribution is 6.00. The van der Waals surface area contributed by atoms with E-state index in [9.17, 15) is 9.59 Å². The number of para-hydroxylation sites is 1. The van der Waals surface area contributed by atoms with Crippen LogP contribution in [0.3, 0.4) is 0 Å². The average Bonchev–Trinajstić information content (AvgIpc) is 3.07. The maximum absolute atomic E-state index is 12.8. The van der Waals surface area contributed by atoms with Gasteiger partial charge in [-0.3, -0.25) is 4.79 Å². The first-order chi connectivity index (χ1) is 14.3. The maximum Gasteiger partial charge on any atom is 0.375 e. The fourth-order valence-electron chi connectivity index (χ4n) is 3.48. The predicted molar refractivity (Wildman–Crippen MR) is 116 cm³/mol. The van der Waals surface area contributed by atoms with Gasteiger partial charge in [-0.25, -0.2) is 4.79 Å². The summed E-state index contributed by atoms with van der Waals surface area (Å²) in [6, 6.07) is 11.3. The van der Waals surface area contributed by atoms with E-state index in [4.69, 9.17) is 13.9 Å². The smallest absolute Gasteiger partial charge is 0.375 e. The van der Waals surface area contributed by atoms with Crippen LogP contribution in [0.5, 0.6) is 0 Å². The van der Waals surface area contributed by atoms with E-state index in [-0.39, 0.29) is 12.4 Å². The molecule has 0 fully saturated rings. The van der Waals surface area contributed by atoms with Crippen LogP contribution < -0.4 is 5.32 Å². The molecule has 0 saturated carbocycles. The molecule has 6 nitrogen and oxygen atoms in total. The Balaban J connectivity index is 1.78. The molecular formula is C24H27NO5. The van der Waals surface area contributed by atoms with Crippen molar-refractivity contribution in [3.63, 3.8) is 0 Å². The lowest BCUT2D eigenvalue weighted by Crippen LogP contribution is -2.30. The Bertz CT molecular complexity index is 1060. The summed E-state index contributed by atoms with van der Waals surface area (Å²) in [4.78, 5) is 25.4. The number of furan rings is 1. The molecule has 0 aliphatic heterocycles. The molecule has 0 aliphatic carbocycles. The number of aryl methyl sites for hydroxylation is 3. The number of nitrogens with one attached hydrogen (secondary N) is 1. The van der Waals surface area contributed by atoms with Crippen LogP contribution in [0.25, 0.3) is 11.0 Å². The van der Waals surface area contributed by atoms with Gasteiger partial charge in [0.05, 0.1) is 6.61 Å². The summed E-state index contributed by atoms with van der Waals surface area (Å²) in [5.74, 6) is -1.03. The topological polar surface area (TPSA) is 77.8 Å². The fraction of sp³-hybridized carbons (Fsp3) is 0.333. The molecule has 0 unspecified atom stereocenters. The minimum atomic E-state index is -0.995. The highest BCUT2D eigenvalue weighted by Crippen LogP contribution is 2.28. The second-order valence-corrected chi connectivity index (χ2v) is 7.35. The van der Waals surface area contributed by atoms with E-state index in [1.54, 1.807) is 6.07 Å². The van der Waals surface area contributed by atoms with Gasteiger partial charge in [-0.1, -0.05) is 35.9 Å². The fourth-order valence-corrected chi connectivity index (χ4v) is 3.48. The monoisotopic (exact) mass is 409 g/mol. The van der Waals surface area contributed by atoms with Crippen molar-refractivity contribution in [2.45, 2.75) is 47.3 Å². The summed E-state index contributed by atoms with van der Waals surface area (Å²) < 4.78 is 16.6. The van der Waals surface area contributed by atoms with E-state index < -0.39 is 18.0 Å². The molecule has 0 spiro atoms. The Kier molecular flexibility index (Phi) is 6.57.